The van der Waals surface area contributed by atoms with Crippen molar-refractivity contribution in [3.05, 3.63) is 51.4 Å². The Balaban J connectivity index is 1.99. The van der Waals surface area contributed by atoms with E-state index in [-0.39, 0.29) is 12.5 Å². The van der Waals surface area contributed by atoms with E-state index < -0.39 is 5.60 Å². The van der Waals surface area contributed by atoms with Crippen LogP contribution in [0.1, 0.15) is 22.2 Å². The lowest BCUT2D eigenvalue weighted by atomic mass is 10.1. The molecule has 0 aliphatic heterocycles. The Bertz CT molecular complexity index is 553. The van der Waals surface area contributed by atoms with E-state index in [0.29, 0.717) is 10.7 Å². The first kappa shape index (κ1) is 14.0. The molecule has 100 valence electrons. The molecule has 4 nitrogen and oxygen atoms in total. The number of halogens is 1. The first-order valence-corrected chi connectivity index (χ1v) is 6.91. The summed E-state index contributed by atoms with van der Waals surface area (Å²) >= 11 is 7.10. The van der Waals surface area contributed by atoms with E-state index in [0.717, 1.165) is 4.88 Å². The van der Waals surface area contributed by atoms with Crippen LogP contribution in [0.25, 0.3) is 0 Å². The van der Waals surface area contributed by atoms with Crippen molar-refractivity contribution in [2.24, 2.45) is 0 Å². The van der Waals surface area contributed by atoms with Gasteiger partial charge in [-0.05, 0) is 30.5 Å². The number of hydrogen-bond acceptors (Lipinski definition) is 4. The summed E-state index contributed by atoms with van der Waals surface area (Å²) in [5.74, 6) is -0.291. The number of aliphatic hydroxyl groups is 1. The minimum atomic E-state index is -1.08. The van der Waals surface area contributed by atoms with E-state index in [2.05, 4.69) is 10.3 Å². The number of thiophene rings is 1. The quantitative estimate of drug-likeness (QED) is 0.852. The molecule has 2 aromatic heterocycles. The van der Waals surface area contributed by atoms with Crippen molar-refractivity contribution >= 4 is 28.8 Å². The minimum Gasteiger partial charge on any atom is -0.383 e. The summed E-state index contributed by atoms with van der Waals surface area (Å²) in [6.45, 7) is 1.80. The van der Waals surface area contributed by atoms with Gasteiger partial charge in [0.25, 0.3) is 5.91 Å². The zero-order chi connectivity index (χ0) is 13.9. The third kappa shape index (κ3) is 3.53. The molecular weight excluding hydrogens is 284 g/mol. The Morgan fingerprint density at radius 1 is 1.53 bits per heavy atom. The van der Waals surface area contributed by atoms with Crippen LogP contribution in [0, 0.1) is 0 Å². The number of carbonyl (C=O) groups excluding carboxylic acids is 1. The highest BCUT2D eigenvalue weighted by Crippen LogP contribution is 2.24. The summed E-state index contributed by atoms with van der Waals surface area (Å²) in [6, 6.07) is 6.83. The topological polar surface area (TPSA) is 62.2 Å². The molecule has 0 spiro atoms. The second-order valence-corrected chi connectivity index (χ2v) is 5.64. The third-order valence-electron chi connectivity index (χ3n) is 2.63. The van der Waals surface area contributed by atoms with Crippen LogP contribution >= 0.6 is 22.9 Å². The second-order valence-electron chi connectivity index (χ2n) is 4.30. The highest BCUT2D eigenvalue weighted by atomic mass is 35.5. The van der Waals surface area contributed by atoms with Crippen LogP contribution < -0.4 is 5.32 Å². The van der Waals surface area contributed by atoms with Gasteiger partial charge in [-0.1, -0.05) is 17.7 Å². The number of nitrogens with zero attached hydrogens (tertiary/aromatic N) is 1. The van der Waals surface area contributed by atoms with Gasteiger partial charge in [0.1, 0.15) is 10.8 Å². The van der Waals surface area contributed by atoms with Crippen LogP contribution in [0.3, 0.4) is 0 Å². The summed E-state index contributed by atoms with van der Waals surface area (Å²) < 4.78 is 0. The van der Waals surface area contributed by atoms with Gasteiger partial charge in [0.2, 0.25) is 0 Å². The average molecular weight is 297 g/mol. The Morgan fingerprint density at radius 2 is 2.32 bits per heavy atom. The van der Waals surface area contributed by atoms with E-state index in [4.69, 9.17) is 11.6 Å². The van der Waals surface area contributed by atoms with Gasteiger partial charge in [-0.15, -0.1) is 11.3 Å². The fourth-order valence-electron chi connectivity index (χ4n) is 1.54. The van der Waals surface area contributed by atoms with Gasteiger partial charge in [-0.25, -0.2) is 4.98 Å². The normalized spacial score (nSPS) is 13.8. The van der Waals surface area contributed by atoms with Crippen molar-refractivity contribution in [2.75, 3.05) is 6.54 Å². The Hall–Kier alpha value is -1.43. The Kier molecular flexibility index (Phi) is 4.19. The molecule has 0 bridgehead atoms. The summed E-state index contributed by atoms with van der Waals surface area (Å²) in [5.41, 5.74) is -0.671. The molecule has 2 heterocycles. The molecule has 2 aromatic rings. The zero-order valence-electron chi connectivity index (χ0n) is 10.3. The van der Waals surface area contributed by atoms with Gasteiger partial charge in [0.15, 0.2) is 0 Å². The predicted octanol–water partition coefficient (Wildman–Crippen LogP) is 2.43. The molecule has 0 aliphatic carbocycles. The lowest BCUT2D eigenvalue weighted by Gasteiger charge is -2.22. The molecule has 1 unspecified atom stereocenters. The molecule has 0 aliphatic rings. The lowest BCUT2D eigenvalue weighted by Crippen LogP contribution is -2.38. The smallest absolute Gasteiger partial charge is 0.252 e. The van der Waals surface area contributed by atoms with Crippen molar-refractivity contribution in [3.63, 3.8) is 0 Å². The van der Waals surface area contributed by atoms with Crippen molar-refractivity contribution < 1.29 is 9.90 Å². The molecule has 0 fully saturated rings. The van der Waals surface area contributed by atoms with E-state index in [1.54, 1.807) is 19.1 Å². The first-order valence-electron chi connectivity index (χ1n) is 5.65. The van der Waals surface area contributed by atoms with Crippen LogP contribution in [0.15, 0.2) is 35.8 Å². The van der Waals surface area contributed by atoms with Crippen molar-refractivity contribution in [1.82, 2.24) is 10.3 Å². The van der Waals surface area contributed by atoms with E-state index in [1.165, 1.54) is 17.5 Å². The van der Waals surface area contributed by atoms with Crippen molar-refractivity contribution in [1.29, 1.82) is 0 Å². The van der Waals surface area contributed by atoms with Gasteiger partial charge in [0, 0.05) is 11.1 Å². The molecule has 0 saturated heterocycles. The summed E-state index contributed by atoms with van der Waals surface area (Å²) in [6.07, 6.45) is 1.40. The first-order chi connectivity index (χ1) is 8.99. The molecular formula is C13H13ClN2O2S. The van der Waals surface area contributed by atoms with Gasteiger partial charge in [0.05, 0.1) is 12.1 Å². The second kappa shape index (κ2) is 5.69. The molecule has 2 rings (SSSR count). The number of nitrogens with one attached hydrogen (secondary N) is 1. The van der Waals surface area contributed by atoms with Gasteiger partial charge < -0.3 is 10.4 Å². The van der Waals surface area contributed by atoms with Crippen LogP contribution in [-0.2, 0) is 5.60 Å². The van der Waals surface area contributed by atoms with Crippen molar-refractivity contribution in [3.8, 4) is 0 Å². The number of amides is 1. The van der Waals surface area contributed by atoms with Gasteiger partial charge in [-0.3, -0.25) is 4.79 Å². The molecule has 0 saturated carbocycles. The SMILES string of the molecule is CC(O)(CNC(=O)c1ccc(Cl)nc1)c1cccs1. The summed E-state index contributed by atoms with van der Waals surface area (Å²) in [7, 11) is 0. The van der Waals surface area contributed by atoms with Crippen molar-refractivity contribution in [2.45, 2.75) is 12.5 Å². The van der Waals surface area contributed by atoms with Crippen LogP contribution in [0.5, 0.6) is 0 Å². The molecule has 0 aromatic carbocycles. The van der Waals surface area contributed by atoms with Crippen LogP contribution in [-0.4, -0.2) is 22.5 Å². The monoisotopic (exact) mass is 296 g/mol. The molecule has 1 amide bonds. The molecule has 2 N–H and O–H groups in total. The highest BCUT2D eigenvalue weighted by Gasteiger charge is 2.25. The standard InChI is InChI=1S/C13H13ClN2O2S/c1-13(18,10-3-2-6-19-10)8-16-12(17)9-4-5-11(14)15-7-9/h2-7,18H,8H2,1H3,(H,16,17). The maximum Gasteiger partial charge on any atom is 0.252 e. The third-order valence-corrected chi connectivity index (χ3v) is 3.98. The number of hydrogen-bond donors (Lipinski definition) is 2. The average Bonchev–Trinajstić information content (AvgIpc) is 2.91. The Labute approximate surface area is 120 Å². The van der Waals surface area contributed by atoms with E-state index >= 15 is 0 Å². The van der Waals surface area contributed by atoms with E-state index in [1.807, 2.05) is 17.5 Å². The number of rotatable bonds is 4. The largest absolute Gasteiger partial charge is 0.383 e. The van der Waals surface area contributed by atoms with Crippen LogP contribution in [0.4, 0.5) is 0 Å². The minimum absolute atomic E-state index is 0.134. The maximum absolute atomic E-state index is 11.9. The lowest BCUT2D eigenvalue weighted by molar-refractivity contribution is 0.0556. The summed E-state index contributed by atoms with van der Waals surface area (Å²) in [5, 5.41) is 15.2. The molecule has 1 atom stereocenters. The van der Waals surface area contributed by atoms with Gasteiger partial charge >= 0.3 is 0 Å². The number of carbonyl (C=O) groups is 1. The number of pyridine rings is 1. The molecule has 19 heavy (non-hydrogen) atoms. The molecule has 0 radical (unpaired) electrons. The van der Waals surface area contributed by atoms with Crippen LogP contribution in [0.2, 0.25) is 5.15 Å². The Morgan fingerprint density at radius 3 is 2.89 bits per heavy atom. The maximum atomic E-state index is 11.9. The fourth-order valence-corrected chi connectivity index (χ4v) is 2.44. The zero-order valence-corrected chi connectivity index (χ0v) is 11.8. The fraction of sp³-hybridized carbons (Fsp3) is 0.231. The molecule has 6 heteroatoms. The van der Waals surface area contributed by atoms with E-state index in [9.17, 15) is 9.90 Å². The predicted molar refractivity (Wildman–Crippen MR) is 75.5 cm³/mol. The number of aromatic nitrogens is 1. The summed E-state index contributed by atoms with van der Waals surface area (Å²) in [4.78, 5) is 16.5. The van der Waals surface area contributed by atoms with Gasteiger partial charge in [-0.2, -0.15) is 0 Å². The highest BCUT2D eigenvalue weighted by molar-refractivity contribution is 7.10.